The van der Waals surface area contributed by atoms with Gasteiger partial charge in [-0.05, 0) is 13.5 Å². The van der Waals surface area contributed by atoms with Gasteiger partial charge in [0.15, 0.2) is 0 Å². The number of aromatic nitrogens is 4. The number of hydrogen-bond acceptors (Lipinski definition) is 7. The van der Waals surface area contributed by atoms with Gasteiger partial charge in [0.05, 0.1) is 12.2 Å². The van der Waals surface area contributed by atoms with Crippen molar-refractivity contribution in [3.8, 4) is 0 Å². The van der Waals surface area contributed by atoms with Crippen LogP contribution in [0.2, 0.25) is 0 Å². The molecule has 8 heteroatoms. The van der Waals surface area contributed by atoms with Gasteiger partial charge in [-0.3, -0.25) is 25.0 Å². The Morgan fingerprint density at radius 2 is 2.23 bits per heavy atom. The summed E-state index contributed by atoms with van der Waals surface area (Å²) < 4.78 is 0. The van der Waals surface area contributed by atoms with Crippen LogP contribution in [-0.4, -0.2) is 44.6 Å². The highest BCUT2D eigenvalue weighted by atomic mass is 32.1. The first-order chi connectivity index (χ1) is 10.7. The fourth-order valence-corrected chi connectivity index (χ4v) is 2.68. The molecule has 2 aromatic rings. The minimum atomic E-state index is -0.107. The van der Waals surface area contributed by atoms with Gasteiger partial charge in [0.25, 0.3) is 0 Å². The molecule has 0 atom stereocenters. The molecule has 0 saturated heterocycles. The van der Waals surface area contributed by atoms with Crippen LogP contribution in [0.4, 0.5) is 5.13 Å². The summed E-state index contributed by atoms with van der Waals surface area (Å²) in [5, 5.41) is 12.4. The number of anilines is 1. The number of carbonyl (C=O) groups is 1. The average Bonchev–Trinajstić information content (AvgIpc) is 2.93. The zero-order valence-electron chi connectivity index (χ0n) is 12.8. The first-order valence-electron chi connectivity index (χ1n) is 7.23. The molecule has 1 N–H and O–H groups in total. The van der Waals surface area contributed by atoms with Gasteiger partial charge in [-0.1, -0.05) is 24.7 Å². The number of unbranched alkanes of at least 4 members (excludes halogenated alkanes) is 1. The highest BCUT2D eigenvalue weighted by Gasteiger charge is 2.11. The third kappa shape index (κ3) is 5.45. The number of aryl methyl sites for hydroxylation is 1. The summed E-state index contributed by atoms with van der Waals surface area (Å²) in [5.41, 5.74) is 0.829. The number of nitrogens with zero attached hydrogens (tertiary/aromatic N) is 5. The second kappa shape index (κ2) is 8.50. The van der Waals surface area contributed by atoms with E-state index in [4.69, 9.17) is 0 Å². The van der Waals surface area contributed by atoms with Crippen LogP contribution in [-0.2, 0) is 17.8 Å². The Bertz CT molecular complexity index is 588. The van der Waals surface area contributed by atoms with Crippen LogP contribution in [0.25, 0.3) is 0 Å². The van der Waals surface area contributed by atoms with Gasteiger partial charge in [0.1, 0.15) is 5.01 Å². The van der Waals surface area contributed by atoms with Crippen LogP contribution >= 0.6 is 11.3 Å². The van der Waals surface area contributed by atoms with E-state index in [2.05, 4.69) is 32.4 Å². The summed E-state index contributed by atoms with van der Waals surface area (Å²) in [7, 11) is 1.86. The Kier molecular flexibility index (Phi) is 6.35. The van der Waals surface area contributed by atoms with Gasteiger partial charge >= 0.3 is 0 Å². The number of amides is 1. The maximum Gasteiger partial charge on any atom is 0.240 e. The van der Waals surface area contributed by atoms with Crippen molar-refractivity contribution < 1.29 is 4.79 Å². The molecule has 1 amide bonds. The Labute approximate surface area is 133 Å². The number of hydrogen-bond donors (Lipinski definition) is 1. The van der Waals surface area contributed by atoms with Crippen LogP contribution in [0.15, 0.2) is 18.6 Å². The Morgan fingerprint density at radius 3 is 2.95 bits per heavy atom. The summed E-state index contributed by atoms with van der Waals surface area (Å²) in [5.74, 6) is -0.107. The van der Waals surface area contributed by atoms with E-state index in [0.29, 0.717) is 11.7 Å². The molecule has 0 bridgehead atoms. The number of carbonyl (C=O) groups excluding carboxylic acids is 1. The van der Waals surface area contributed by atoms with Gasteiger partial charge in [0, 0.05) is 31.6 Å². The largest absolute Gasteiger partial charge is 0.299 e. The number of likely N-dealkylation sites (N-methyl/N-ethyl adjacent to an activating group) is 1. The van der Waals surface area contributed by atoms with E-state index < -0.39 is 0 Å². The normalized spacial score (nSPS) is 10.9. The van der Waals surface area contributed by atoms with Crippen molar-refractivity contribution in [2.45, 2.75) is 32.7 Å². The smallest absolute Gasteiger partial charge is 0.240 e. The first kappa shape index (κ1) is 16.4. The molecule has 0 saturated carbocycles. The van der Waals surface area contributed by atoms with E-state index in [1.54, 1.807) is 18.6 Å². The molecule has 2 rings (SSSR count). The second-order valence-corrected chi connectivity index (χ2v) is 6.08. The molecule has 0 aliphatic carbocycles. The fraction of sp³-hybridized carbons (Fsp3) is 0.500. The molecule has 7 nitrogen and oxygen atoms in total. The highest BCUT2D eigenvalue weighted by molar-refractivity contribution is 7.15. The van der Waals surface area contributed by atoms with Crippen molar-refractivity contribution in [1.29, 1.82) is 0 Å². The Balaban J connectivity index is 1.78. The van der Waals surface area contributed by atoms with E-state index in [1.807, 2.05) is 11.9 Å². The Morgan fingerprint density at radius 1 is 1.36 bits per heavy atom. The molecule has 0 fully saturated rings. The van der Waals surface area contributed by atoms with Gasteiger partial charge < -0.3 is 0 Å². The van der Waals surface area contributed by atoms with Crippen LogP contribution in [0, 0.1) is 0 Å². The molecular formula is C14H20N6OS. The topological polar surface area (TPSA) is 83.9 Å². The van der Waals surface area contributed by atoms with Gasteiger partial charge in [-0.2, -0.15) is 0 Å². The molecule has 118 valence electrons. The first-order valence-corrected chi connectivity index (χ1v) is 8.04. The van der Waals surface area contributed by atoms with Crippen molar-refractivity contribution in [2.75, 3.05) is 18.9 Å². The van der Waals surface area contributed by atoms with Crippen LogP contribution in [0.5, 0.6) is 0 Å². The fourth-order valence-electron chi connectivity index (χ4n) is 1.88. The molecule has 0 radical (unpaired) electrons. The monoisotopic (exact) mass is 320 g/mol. The van der Waals surface area contributed by atoms with Crippen molar-refractivity contribution in [2.24, 2.45) is 0 Å². The van der Waals surface area contributed by atoms with Crippen molar-refractivity contribution >= 4 is 22.4 Å². The lowest BCUT2D eigenvalue weighted by Gasteiger charge is -2.14. The molecule has 0 aliphatic heterocycles. The SMILES string of the molecule is CCCCc1nnc(NC(=O)CN(C)Cc2cnccn2)s1. The molecule has 2 aromatic heterocycles. The Hall–Kier alpha value is -1.93. The van der Waals surface area contributed by atoms with Crippen LogP contribution < -0.4 is 5.32 Å². The van der Waals surface area contributed by atoms with E-state index in [0.717, 1.165) is 30.0 Å². The zero-order valence-corrected chi connectivity index (χ0v) is 13.6. The second-order valence-electron chi connectivity index (χ2n) is 5.02. The average molecular weight is 320 g/mol. The van der Waals surface area contributed by atoms with Crippen molar-refractivity contribution in [3.05, 3.63) is 29.3 Å². The van der Waals surface area contributed by atoms with E-state index in [9.17, 15) is 4.79 Å². The molecule has 0 unspecified atom stereocenters. The lowest BCUT2D eigenvalue weighted by atomic mass is 10.3. The van der Waals surface area contributed by atoms with Gasteiger partial charge in [-0.25, -0.2) is 0 Å². The summed E-state index contributed by atoms with van der Waals surface area (Å²) in [6, 6.07) is 0. The molecule has 0 spiro atoms. The lowest BCUT2D eigenvalue weighted by Crippen LogP contribution is -2.30. The molecule has 0 aromatic carbocycles. The molecule has 2 heterocycles. The third-order valence-electron chi connectivity index (χ3n) is 2.92. The predicted molar refractivity (Wildman–Crippen MR) is 85.5 cm³/mol. The molecular weight excluding hydrogens is 300 g/mol. The van der Waals surface area contributed by atoms with E-state index >= 15 is 0 Å². The predicted octanol–water partition coefficient (Wildman–Crippen LogP) is 1.74. The molecule has 0 aliphatic rings. The highest BCUT2D eigenvalue weighted by Crippen LogP contribution is 2.17. The minimum absolute atomic E-state index is 0.107. The zero-order chi connectivity index (χ0) is 15.8. The summed E-state index contributed by atoms with van der Waals surface area (Å²) in [6.07, 6.45) is 8.08. The van der Waals surface area contributed by atoms with Crippen LogP contribution in [0.3, 0.4) is 0 Å². The summed E-state index contributed by atoms with van der Waals surface area (Å²) in [6.45, 7) is 2.97. The van der Waals surface area contributed by atoms with E-state index in [1.165, 1.54) is 11.3 Å². The minimum Gasteiger partial charge on any atom is -0.299 e. The quantitative estimate of drug-likeness (QED) is 0.797. The van der Waals surface area contributed by atoms with Gasteiger partial charge in [0.2, 0.25) is 11.0 Å². The summed E-state index contributed by atoms with van der Waals surface area (Å²) >= 11 is 1.44. The molecule has 22 heavy (non-hydrogen) atoms. The van der Waals surface area contributed by atoms with E-state index in [-0.39, 0.29) is 12.5 Å². The number of nitrogens with one attached hydrogen (secondary N) is 1. The standard InChI is InChI=1S/C14H20N6OS/c1-3-4-5-13-18-19-14(22-13)17-12(21)10-20(2)9-11-8-15-6-7-16-11/h6-8H,3-5,9-10H2,1-2H3,(H,17,19,21). The summed E-state index contributed by atoms with van der Waals surface area (Å²) in [4.78, 5) is 22.1. The van der Waals surface area contributed by atoms with Gasteiger partial charge in [-0.15, -0.1) is 10.2 Å². The maximum atomic E-state index is 12.0. The maximum absolute atomic E-state index is 12.0. The lowest BCUT2D eigenvalue weighted by molar-refractivity contribution is -0.117. The van der Waals surface area contributed by atoms with Crippen molar-refractivity contribution in [1.82, 2.24) is 25.1 Å². The van der Waals surface area contributed by atoms with Crippen LogP contribution in [0.1, 0.15) is 30.5 Å². The number of rotatable bonds is 8. The third-order valence-corrected chi connectivity index (χ3v) is 3.82. The van der Waals surface area contributed by atoms with Crippen molar-refractivity contribution in [3.63, 3.8) is 0 Å².